The van der Waals surface area contributed by atoms with Gasteiger partial charge in [0.05, 0.1) is 16.8 Å². The Kier molecular flexibility index (Phi) is 9.47. The molecule has 1 saturated heterocycles. The molecule has 4 aromatic rings. The number of pyridine rings is 1. The highest BCUT2D eigenvalue weighted by molar-refractivity contribution is 8.00. The zero-order chi connectivity index (χ0) is 37.6. The van der Waals surface area contributed by atoms with Crippen LogP contribution in [0.25, 0.3) is 5.52 Å². The van der Waals surface area contributed by atoms with Gasteiger partial charge in [0, 0.05) is 34.5 Å². The van der Waals surface area contributed by atoms with Crippen molar-refractivity contribution in [3.05, 3.63) is 75.9 Å². The largest absolute Gasteiger partial charge is 0.504 e. The van der Waals surface area contributed by atoms with Crippen LogP contribution in [0.5, 0.6) is 11.5 Å². The fourth-order valence-corrected chi connectivity index (χ4v) is 7.36. The lowest BCUT2D eigenvalue weighted by Gasteiger charge is -2.49. The summed E-state index contributed by atoms with van der Waals surface area (Å²) in [5.74, 6) is -5.80. The molecule has 0 spiro atoms. The number of carboxylic acid groups (broad SMARTS) is 2. The zero-order valence-electron chi connectivity index (χ0n) is 26.9. The van der Waals surface area contributed by atoms with Crippen LogP contribution in [0.3, 0.4) is 0 Å². The Labute approximate surface area is 305 Å². The fraction of sp³-hybridized carbons (Fsp3) is 0.226. The summed E-state index contributed by atoms with van der Waals surface area (Å²) in [5.41, 5.74) is 4.62. The van der Waals surface area contributed by atoms with Crippen LogP contribution in [0, 0.1) is 0 Å². The Morgan fingerprint density at radius 2 is 1.96 bits per heavy atom. The normalized spacial score (nSPS) is 17.4. The van der Waals surface area contributed by atoms with Gasteiger partial charge in [-0.2, -0.15) is 0 Å². The molecule has 18 nitrogen and oxygen atoms in total. The summed E-state index contributed by atoms with van der Waals surface area (Å²) in [7, 11) is 0. The number of thiazole rings is 1. The van der Waals surface area contributed by atoms with Gasteiger partial charge in [0.15, 0.2) is 27.9 Å². The van der Waals surface area contributed by atoms with Crippen molar-refractivity contribution in [1.82, 2.24) is 19.6 Å². The number of oxime groups is 1. The van der Waals surface area contributed by atoms with E-state index in [9.17, 15) is 44.4 Å². The number of fused-ring (bicyclic) bond motifs is 2. The highest BCUT2D eigenvalue weighted by Crippen LogP contribution is 2.40. The molecule has 3 amide bonds. The lowest BCUT2D eigenvalue weighted by Crippen LogP contribution is -2.71. The first kappa shape index (κ1) is 35.9. The minimum Gasteiger partial charge on any atom is -0.504 e. The molecule has 2 aliphatic heterocycles. The van der Waals surface area contributed by atoms with E-state index in [0.29, 0.717) is 16.8 Å². The van der Waals surface area contributed by atoms with E-state index in [2.05, 4.69) is 20.8 Å². The van der Waals surface area contributed by atoms with Crippen LogP contribution < -0.4 is 20.9 Å². The third kappa shape index (κ3) is 6.77. The number of phenolic OH excluding ortho intramolecular Hbond substituents is 2. The lowest BCUT2D eigenvalue weighted by molar-refractivity contribution is -0.687. The Balaban J connectivity index is 1.18. The van der Waals surface area contributed by atoms with Gasteiger partial charge >= 0.3 is 11.9 Å². The van der Waals surface area contributed by atoms with Crippen molar-refractivity contribution in [2.75, 3.05) is 16.8 Å². The van der Waals surface area contributed by atoms with Gasteiger partial charge in [0.1, 0.15) is 35.5 Å². The van der Waals surface area contributed by atoms with Crippen molar-refractivity contribution in [3.63, 3.8) is 0 Å². The number of carbonyl (C=O) groups is 5. The summed E-state index contributed by atoms with van der Waals surface area (Å²) in [6, 6.07) is 4.53. The molecule has 8 N–H and O–H groups in total. The Bertz CT molecular complexity index is 2250. The van der Waals surface area contributed by atoms with Crippen LogP contribution in [-0.4, -0.2) is 92.9 Å². The molecule has 6 rings (SSSR count). The summed E-state index contributed by atoms with van der Waals surface area (Å²) >= 11 is 8.26. The topological polar surface area (TPSA) is 262 Å². The van der Waals surface area contributed by atoms with Crippen molar-refractivity contribution < 1.29 is 53.8 Å². The van der Waals surface area contributed by atoms with Gasteiger partial charge in [-0.05, 0) is 26.0 Å². The second-order valence-corrected chi connectivity index (χ2v) is 14.3. The molecule has 270 valence electrons. The number of rotatable bonds is 11. The van der Waals surface area contributed by atoms with Crippen molar-refractivity contribution in [1.29, 1.82) is 0 Å². The molecule has 0 bridgehead atoms. The lowest BCUT2D eigenvalue weighted by atomic mass is 10.0. The van der Waals surface area contributed by atoms with Gasteiger partial charge in [0.2, 0.25) is 11.9 Å². The van der Waals surface area contributed by atoms with Gasteiger partial charge in [-0.15, -0.1) is 23.1 Å². The number of amides is 3. The van der Waals surface area contributed by atoms with Crippen LogP contribution in [-0.2, 0) is 30.6 Å². The van der Waals surface area contributed by atoms with Crippen LogP contribution in [0.2, 0.25) is 5.02 Å². The quantitative estimate of drug-likeness (QED) is 0.0376. The number of aliphatic carboxylic acids is 2. The minimum absolute atomic E-state index is 0.0111. The second kappa shape index (κ2) is 13.7. The highest BCUT2D eigenvalue weighted by Gasteiger charge is 2.54. The fourth-order valence-electron chi connectivity index (χ4n) is 5.23. The molecule has 2 aliphatic rings. The maximum atomic E-state index is 13.4. The molecule has 52 heavy (non-hydrogen) atoms. The molecular formula is C31H28ClN8O10S2+. The number of phenols is 2. The van der Waals surface area contributed by atoms with Gasteiger partial charge < -0.3 is 41.6 Å². The van der Waals surface area contributed by atoms with Gasteiger partial charge in [-0.1, -0.05) is 16.8 Å². The summed E-state index contributed by atoms with van der Waals surface area (Å²) in [5, 5.41) is 48.4. The predicted octanol–water partition coefficient (Wildman–Crippen LogP) is 1.61. The maximum Gasteiger partial charge on any atom is 0.352 e. The average molecular weight is 772 g/mol. The van der Waals surface area contributed by atoms with E-state index in [4.69, 9.17) is 22.2 Å². The second-order valence-electron chi connectivity index (χ2n) is 11.9. The Morgan fingerprint density at radius 3 is 2.63 bits per heavy atom. The number of nitrogens with zero attached hydrogens (tertiary/aromatic N) is 5. The first-order chi connectivity index (χ1) is 24.5. The molecule has 0 aliphatic carbocycles. The van der Waals surface area contributed by atoms with Crippen LogP contribution in [0.15, 0.2) is 64.8 Å². The standard InChI is InChI=1S/C31H27ClN8O10S2/c1-31(2,29(48)49)50-37-20(17-11-52-30(33)35-17)25(44)36-21-26(45)40-22(28(46)47)13(10-51-27(21)40)8-38-9-15-7-14(5-6-39(15)12-38)34-24(43)16-3-4-18(41)23(42)19(16)32/h3-7,9,11-12,21,27H,8,10H2,1-2H3,(H7-,33,34,35,36,37,41,42,43,44,46,47,48,49)/p+1/t21-,27-/m1/s1. The van der Waals surface area contributed by atoms with Gasteiger partial charge in [0.25, 0.3) is 17.7 Å². The number of carboxylic acids is 2. The van der Waals surface area contributed by atoms with Crippen LogP contribution in [0.1, 0.15) is 29.9 Å². The summed E-state index contributed by atoms with van der Waals surface area (Å²) in [6.07, 6.45) is 5.06. The number of nitrogen functional groups attached to an aromatic ring is 1. The summed E-state index contributed by atoms with van der Waals surface area (Å²) in [6.45, 7) is 2.54. The number of benzene rings is 1. The number of halogens is 1. The first-order valence-electron chi connectivity index (χ1n) is 15.0. The smallest absolute Gasteiger partial charge is 0.352 e. The molecule has 5 heterocycles. The number of carbonyl (C=O) groups excluding carboxylic acids is 3. The Morgan fingerprint density at radius 1 is 1.21 bits per heavy atom. The zero-order valence-corrected chi connectivity index (χ0v) is 29.3. The van der Waals surface area contributed by atoms with Crippen LogP contribution >= 0.6 is 34.7 Å². The number of β-lactam (4-membered cyclic amide) rings is 1. The van der Waals surface area contributed by atoms with E-state index in [1.54, 1.807) is 39.8 Å². The molecule has 3 aromatic heterocycles. The molecule has 0 radical (unpaired) electrons. The number of aromatic hydroxyl groups is 2. The monoisotopic (exact) mass is 771 g/mol. The summed E-state index contributed by atoms with van der Waals surface area (Å²) < 4.78 is 3.44. The third-order valence-corrected chi connectivity index (χ3v) is 10.4. The van der Waals surface area contributed by atoms with E-state index >= 15 is 0 Å². The molecule has 1 fully saturated rings. The van der Waals surface area contributed by atoms with Crippen molar-refractivity contribution in [2.24, 2.45) is 5.16 Å². The number of nitrogens with one attached hydrogen (secondary N) is 2. The molecule has 0 saturated carbocycles. The number of nitrogens with two attached hydrogens (primary N) is 1. The van der Waals surface area contributed by atoms with Gasteiger partial charge in [-0.25, -0.2) is 23.5 Å². The molecule has 2 atom stereocenters. The Hall–Kier alpha value is -5.86. The third-order valence-electron chi connectivity index (χ3n) is 7.95. The maximum absolute atomic E-state index is 13.4. The van der Waals surface area contributed by atoms with E-state index in [-0.39, 0.29) is 39.4 Å². The highest BCUT2D eigenvalue weighted by atomic mass is 35.5. The number of hydrogen-bond donors (Lipinski definition) is 7. The number of anilines is 2. The SMILES string of the molecule is CC(C)(O/N=C(\C(=O)N[C@@H]1C(=O)N2C(C(=O)O)=C(C[n+]3cc4cc(NC(=O)c5ccc(O)c(O)c5Cl)ccn4c3)CS[C@H]12)c1csc(N)n1)C(=O)O. The average Bonchev–Trinajstić information content (AvgIpc) is 3.70. The molecule has 1 aromatic carbocycles. The van der Waals surface area contributed by atoms with E-state index in [0.717, 1.165) is 22.3 Å². The van der Waals surface area contributed by atoms with Crippen molar-refractivity contribution in [3.8, 4) is 11.5 Å². The van der Waals surface area contributed by atoms with Crippen LogP contribution in [0.4, 0.5) is 10.8 Å². The summed E-state index contributed by atoms with van der Waals surface area (Å²) in [4.78, 5) is 73.8. The number of aromatic nitrogens is 3. The van der Waals surface area contributed by atoms with Crippen molar-refractivity contribution >= 4 is 86.4 Å². The minimum atomic E-state index is -1.80. The van der Waals surface area contributed by atoms with Crippen molar-refractivity contribution in [2.45, 2.75) is 37.4 Å². The van der Waals surface area contributed by atoms with Gasteiger partial charge in [-0.3, -0.25) is 19.3 Å². The molecule has 0 unspecified atom stereocenters. The number of imidazole rings is 1. The number of thioether (sulfide) groups is 1. The predicted molar refractivity (Wildman–Crippen MR) is 186 cm³/mol. The van der Waals surface area contributed by atoms with E-state index in [1.807, 2.05) is 0 Å². The molecular weight excluding hydrogens is 744 g/mol. The number of hydrogen-bond acceptors (Lipinski definition) is 13. The first-order valence-corrected chi connectivity index (χ1v) is 17.3. The van der Waals surface area contributed by atoms with E-state index < -0.39 is 63.9 Å². The van der Waals surface area contributed by atoms with E-state index in [1.165, 1.54) is 37.1 Å². The molecule has 21 heteroatoms.